The van der Waals surface area contributed by atoms with E-state index in [1.807, 2.05) is 60.7 Å². The van der Waals surface area contributed by atoms with Crippen LogP contribution in [-0.2, 0) is 6.42 Å². The van der Waals surface area contributed by atoms with Crippen LogP contribution in [0, 0.1) is 0 Å². The quantitative estimate of drug-likeness (QED) is 0.125. The van der Waals surface area contributed by atoms with Crippen molar-refractivity contribution in [1.82, 2.24) is 5.32 Å². The second-order valence-corrected chi connectivity index (χ2v) is 16.3. The van der Waals surface area contributed by atoms with E-state index in [9.17, 15) is 0 Å². The van der Waals surface area contributed by atoms with Gasteiger partial charge in [0.15, 0.2) is 6.17 Å². The summed E-state index contributed by atoms with van der Waals surface area (Å²) in [6, 6.07) is 56.6. The number of para-hydroxylation sites is 1. The first kappa shape index (κ1) is 33.5. The Labute approximate surface area is 336 Å². The Balaban J connectivity index is 1.03. The maximum absolute atomic E-state index is 6.57. The summed E-state index contributed by atoms with van der Waals surface area (Å²) in [5.41, 5.74) is 13.3. The van der Waals surface area contributed by atoms with Gasteiger partial charge in [0.1, 0.15) is 34.5 Å². The van der Waals surface area contributed by atoms with Crippen molar-refractivity contribution in [2.75, 3.05) is 0 Å². The molecule has 10 aromatic rings. The third-order valence-corrected chi connectivity index (χ3v) is 13.0. The van der Waals surface area contributed by atoms with Gasteiger partial charge in [-0.2, -0.15) is 0 Å². The molecule has 0 fully saturated rings. The second kappa shape index (κ2) is 13.7. The number of aliphatic imine (C=N–C) groups is 3. The van der Waals surface area contributed by atoms with Crippen molar-refractivity contribution in [3.05, 3.63) is 197 Å². The van der Waals surface area contributed by atoms with E-state index in [0.29, 0.717) is 12.3 Å². The Bertz CT molecular complexity index is 3260. The van der Waals surface area contributed by atoms with Crippen LogP contribution in [0.5, 0.6) is 0 Å². The molecule has 1 unspecified atom stereocenters. The first-order valence-corrected chi connectivity index (χ1v) is 20.5. The van der Waals surface area contributed by atoms with Crippen LogP contribution in [-0.4, -0.2) is 17.5 Å². The van der Waals surface area contributed by atoms with E-state index < -0.39 is 6.17 Å². The monoisotopic (exact) mass is 771 g/mol. The van der Waals surface area contributed by atoms with Gasteiger partial charge in [-0.1, -0.05) is 121 Å². The molecule has 3 aromatic heterocycles. The van der Waals surface area contributed by atoms with E-state index >= 15 is 0 Å². The molecule has 57 heavy (non-hydrogen) atoms. The zero-order valence-corrected chi connectivity index (χ0v) is 32.1. The summed E-state index contributed by atoms with van der Waals surface area (Å²) in [5.74, 6) is 2.84. The first-order chi connectivity index (χ1) is 28.1. The van der Waals surface area contributed by atoms with Crippen LogP contribution in [0.2, 0.25) is 0 Å². The van der Waals surface area contributed by atoms with E-state index in [4.69, 9.17) is 25.1 Å². The van der Waals surface area contributed by atoms with E-state index in [0.717, 1.165) is 67.3 Å². The summed E-state index contributed by atoms with van der Waals surface area (Å²) in [7, 11) is 0. The molecule has 0 spiro atoms. The molecular formula is C49H33N5OS2. The average molecular weight is 772 g/mol. The van der Waals surface area contributed by atoms with Gasteiger partial charge in [-0.25, -0.2) is 15.0 Å². The number of hydrogen-bond donors (Lipinski definition) is 2. The van der Waals surface area contributed by atoms with Gasteiger partial charge >= 0.3 is 0 Å². The fraction of sp³-hybridized carbons (Fsp3) is 0.0408. The van der Waals surface area contributed by atoms with Gasteiger partial charge in [0.2, 0.25) is 0 Å². The number of hydrogen-bond acceptors (Lipinski definition) is 7. The minimum Gasteiger partial charge on any atom is -0.458 e. The number of benzene rings is 7. The minimum atomic E-state index is -0.409. The van der Waals surface area contributed by atoms with Crippen molar-refractivity contribution in [2.45, 2.75) is 12.6 Å². The highest BCUT2D eigenvalue weighted by molar-refractivity contribution is 7.26. The number of thiophene rings is 2. The van der Waals surface area contributed by atoms with Crippen LogP contribution >= 0.6 is 22.7 Å². The molecule has 0 bridgehead atoms. The van der Waals surface area contributed by atoms with Crippen LogP contribution in [0.3, 0.4) is 0 Å². The Morgan fingerprint density at radius 1 is 0.614 bits per heavy atom. The summed E-state index contributed by atoms with van der Waals surface area (Å²) >= 11 is 3.60. The molecule has 3 N–H and O–H groups in total. The number of rotatable bonds is 7. The van der Waals surface area contributed by atoms with Crippen molar-refractivity contribution in [1.29, 1.82) is 0 Å². The van der Waals surface area contributed by atoms with E-state index in [2.05, 4.69) is 108 Å². The third kappa shape index (κ3) is 5.89. The summed E-state index contributed by atoms with van der Waals surface area (Å²) < 4.78 is 11.4. The molecular weight excluding hydrogens is 739 g/mol. The highest BCUT2D eigenvalue weighted by Gasteiger charge is 2.25. The summed E-state index contributed by atoms with van der Waals surface area (Å²) in [6.45, 7) is 0. The molecule has 0 amide bonds. The Morgan fingerprint density at radius 2 is 1.28 bits per heavy atom. The van der Waals surface area contributed by atoms with Gasteiger partial charge < -0.3 is 15.5 Å². The fourth-order valence-corrected chi connectivity index (χ4v) is 10.2. The van der Waals surface area contributed by atoms with E-state index in [1.54, 1.807) is 22.7 Å². The SMILES string of the molecule is NC(=Nc1c(Cc2ccc3sc4cccc(C5=NC(c6ccccc6)N=C(c6cccc7c6sc6ccccc67)N5)c4c3c2)oc2ccccc12)c1ccccc1. The molecule has 272 valence electrons. The van der Waals surface area contributed by atoms with Crippen LogP contribution in [0.4, 0.5) is 5.69 Å². The number of furan rings is 1. The third-order valence-electron chi connectivity index (χ3n) is 10.6. The smallest absolute Gasteiger partial charge is 0.169 e. The van der Waals surface area contributed by atoms with Crippen LogP contribution in [0.15, 0.2) is 183 Å². The normalized spacial score (nSPS) is 14.7. The maximum atomic E-state index is 6.57. The average Bonchev–Trinajstić information content (AvgIpc) is 3.95. The van der Waals surface area contributed by atoms with Crippen LogP contribution in [0.1, 0.15) is 39.7 Å². The second-order valence-electron chi connectivity index (χ2n) is 14.2. The number of nitrogens with zero attached hydrogens (tertiary/aromatic N) is 3. The van der Waals surface area contributed by atoms with Crippen molar-refractivity contribution >= 4 is 97.2 Å². The molecule has 0 aliphatic carbocycles. The number of amidine groups is 3. The lowest BCUT2D eigenvalue weighted by Crippen LogP contribution is -2.36. The van der Waals surface area contributed by atoms with Crippen molar-refractivity contribution in [3.63, 3.8) is 0 Å². The van der Waals surface area contributed by atoms with Gasteiger partial charge in [0, 0.05) is 68.8 Å². The van der Waals surface area contributed by atoms with Gasteiger partial charge in [-0.05, 0) is 53.6 Å². The lowest BCUT2D eigenvalue weighted by atomic mass is 10.0. The molecule has 1 atom stereocenters. The predicted octanol–water partition coefficient (Wildman–Crippen LogP) is 12.3. The lowest BCUT2D eigenvalue weighted by Gasteiger charge is -2.23. The molecule has 1 aliphatic heterocycles. The van der Waals surface area contributed by atoms with Gasteiger partial charge in [0.05, 0.1) is 0 Å². The molecule has 6 nitrogen and oxygen atoms in total. The summed E-state index contributed by atoms with van der Waals surface area (Å²) in [6.07, 6.45) is 0.143. The van der Waals surface area contributed by atoms with Gasteiger partial charge in [-0.3, -0.25) is 0 Å². The molecule has 8 heteroatoms. The molecule has 0 saturated carbocycles. The van der Waals surface area contributed by atoms with Gasteiger partial charge in [-0.15, -0.1) is 22.7 Å². The molecule has 1 aliphatic rings. The Morgan fingerprint density at radius 3 is 2.14 bits per heavy atom. The predicted molar refractivity (Wildman–Crippen MR) is 240 cm³/mol. The van der Waals surface area contributed by atoms with Crippen molar-refractivity contribution in [2.24, 2.45) is 20.7 Å². The molecule has 11 rings (SSSR count). The highest BCUT2D eigenvalue weighted by atomic mass is 32.1. The summed E-state index contributed by atoms with van der Waals surface area (Å²) in [5, 5.41) is 9.51. The molecule has 0 radical (unpaired) electrons. The summed E-state index contributed by atoms with van der Waals surface area (Å²) in [4.78, 5) is 15.5. The maximum Gasteiger partial charge on any atom is 0.169 e. The molecule has 4 heterocycles. The Kier molecular flexibility index (Phi) is 8.05. The minimum absolute atomic E-state index is 0.409. The number of fused-ring (bicyclic) bond motifs is 7. The Hall–Kier alpha value is -6.87. The zero-order valence-electron chi connectivity index (χ0n) is 30.5. The molecule has 7 aromatic carbocycles. The van der Waals surface area contributed by atoms with Gasteiger partial charge in [0.25, 0.3) is 0 Å². The van der Waals surface area contributed by atoms with Crippen LogP contribution < -0.4 is 11.1 Å². The van der Waals surface area contributed by atoms with E-state index in [1.165, 1.54) is 35.0 Å². The highest BCUT2D eigenvalue weighted by Crippen LogP contribution is 2.41. The first-order valence-electron chi connectivity index (χ1n) is 18.9. The number of nitrogens with two attached hydrogens (primary N) is 1. The zero-order chi connectivity index (χ0) is 37.9. The standard InChI is InChI=1S/C49H33N5OS2/c50-46(30-13-3-1-4-14-30)51-44-34-18-7-9-22-38(34)55-39(44)28-29-25-26-41-37(27-29)43-35(20-12-24-42(43)56-41)48-52-47(31-15-5-2-6-16-31)53-49(54-48)36-21-11-19-33-32-17-8-10-23-40(32)57-45(33)36/h1-27,47H,28H2,(H2,50,51)(H,52,53,54). The topological polar surface area (TPSA) is 88.3 Å². The fourth-order valence-electron chi connectivity index (χ4n) is 7.92. The van der Waals surface area contributed by atoms with Crippen molar-refractivity contribution < 1.29 is 4.42 Å². The lowest BCUT2D eigenvalue weighted by molar-refractivity contribution is 0.564. The largest absolute Gasteiger partial charge is 0.458 e. The van der Waals surface area contributed by atoms with Crippen LogP contribution in [0.25, 0.3) is 51.3 Å². The number of nitrogens with one attached hydrogen (secondary N) is 1. The van der Waals surface area contributed by atoms with Crippen molar-refractivity contribution in [3.8, 4) is 0 Å². The molecule has 0 saturated heterocycles. The van der Waals surface area contributed by atoms with E-state index in [-0.39, 0.29) is 0 Å².